The van der Waals surface area contributed by atoms with Crippen molar-refractivity contribution in [3.05, 3.63) is 41.2 Å². The fourth-order valence-electron chi connectivity index (χ4n) is 3.39. The average Bonchev–Trinajstić information content (AvgIpc) is 3.18. The number of aryl methyl sites for hydroxylation is 2. The Hall–Kier alpha value is -1.70. The van der Waals surface area contributed by atoms with Crippen LogP contribution in [0, 0.1) is 6.92 Å². The molecule has 1 aromatic heterocycles. The lowest BCUT2D eigenvalue weighted by atomic mass is 9.99. The normalized spacial score (nSPS) is 22.2. The van der Waals surface area contributed by atoms with E-state index in [1.54, 1.807) is 0 Å². The van der Waals surface area contributed by atoms with Gasteiger partial charge in [0.2, 0.25) is 0 Å². The third-order valence-electron chi connectivity index (χ3n) is 4.77. The van der Waals surface area contributed by atoms with Gasteiger partial charge in [-0.2, -0.15) is 4.68 Å². The van der Waals surface area contributed by atoms with Crippen LogP contribution in [0.1, 0.15) is 34.7 Å². The summed E-state index contributed by atoms with van der Waals surface area (Å²) in [7, 11) is 0. The number of hydrogen-bond donors (Lipinski definition) is 0. The second kappa shape index (κ2) is 6.90. The van der Waals surface area contributed by atoms with E-state index < -0.39 is 0 Å². The van der Waals surface area contributed by atoms with Gasteiger partial charge in [0.15, 0.2) is 11.0 Å². The van der Waals surface area contributed by atoms with E-state index in [1.807, 2.05) is 6.92 Å². The standard InChI is InChI=1S/C18H22N4O2S/c1-3-14-19-18-22(20-14)17(23)16(25-18)15(21-8-10-24-11-9-21)13-6-4-12(2)5-7-13/h4-7,15-16H,3,8-11H2,1-2H3. The number of aromatic nitrogens is 3. The molecule has 25 heavy (non-hydrogen) atoms. The van der Waals surface area contributed by atoms with E-state index in [4.69, 9.17) is 4.74 Å². The van der Waals surface area contributed by atoms with Gasteiger partial charge in [-0.15, -0.1) is 5.10 Å². The molecule has 0 spiro atoms. The van der Waals surface area contributed by atoms with Crippen LogP contribution in [0.4, 0.5) is 0 Å². The fraction of sp³-hybridized carbons (Fsp3) is 0.500. The maximum absolute atomic E-state index is 13.0. The maximum atomic E-state index is 13.0. The molecule has 2 aromatic rings. The number of fused-ring (bicyclic) bond motifs is 1. The molecule has 0 amide bonds. The van der Waals surface area contributed by atoms with Crippen LogP contribution in [0.5, 0.6) is 0 Å². The predicted octanol–water partition coefficient (Wildman–Crippen LogP) is 2.34. The summed E-state index contributed by atoms with van der Waals surface area (Å²) in [6.07, 6.45) is 0.739. The maximum Gasteiger partial charge on any atom is 0.264 e. The molecule has 6 nitrogen and oxygen atoms in total. The Morgan fingerprint density at radius 2 is 2.00 bits per heavy atom. The monoisotopic (exact) mass is 358 g/mol. The fourth-order valence-corrected chi connectivity index (χ4v) is 4.66. The lowest BCUT2D eigenvalue weighted by Gasteiger charge is -2.36. The first-order valence-corrected chi connectivity index (χ1v) is 9.60. The van der Waals surface area contributed by atoms with Crippen molar-refractivity contribution in [3.63, 3.8) is 0 Å². The molecule has 2 atom stereocenters. The zero-order valence-electron chi connectivity index (χ0n) is 14.5. The predicted molar refractivity (Wildman–Crippen MR) is 96.0 cm³/mol. The Labute approximate surface area is 151 Å². The quantitative estimate of drug-likeness (QED) is 0.836. The van der Waals surface area contributed by atoms with Crippen LogP contribution in [0.2, 0.25) is 0 Å². The molecular weight excluding hydrogens is 336 g/mol. The highest BCUT2D eigenvalue weighted by Crippen LogP contribution is 2.41. The van der Waals surface area contributed by atoms with E-state index in [0.29, 0.717) is 13.2 Å². The van der Waals surface area contributed by atoms with Gasteiger partial charge in [-0.25, -0.2) is 4.98 Å². The van der Waals surface area contributed by atoms with E-state index in [2.05, 4.69) is 46.2 Å². The van der Waals surface area contributed by atoms with E-state index in [9.17, 15) is 4.79 Å². The largest absolute Gasteiger partial charge is 0.379 e. The van der Waals surface area contributed by atoms with Gasteiger partial charge in [-0.05, 0) is 12.5 Å². The van der Waals surface area contributed by atoms with Crippen LogP contribution < -0.4 is 0 Å². The Balaban J connectivity index is 1.67. The second-order valence-corrected chi connectivity index (χ2v) is 7.57. The Kier molecular flexibility index (Phi) is 4.62. The van der Waals surface area contributed by atoms with Crippen molar-refractivity contribution in [3.8, 4) is 0 Å². The first-order valence-electron chi connectivity index (χ1n) is 8.72. The topological polar surface area (TPSA) is 60.2 Å². The van der Waals surface area contributed by atoms with Crippen LogP contribution in [-0.2, 0) is 11.2 Å². The molecule has 0 N–H and O–H groups in total. The molecule has 2 aliphatic heterocycles. The molecular formula is C18H22N4O2S. The minimum absolute atomic E-state index is 0.00979. The summed E-state index contributed by atoms with van der Waals surface area (Å²) < 4.78 is 7.00. The Morgan fingerprint density at radius 1 is 1.28 bits per heavy atom. The van der Waals surface area contributed by atoms with Crippen LogP contribution in [0.25, 0.3) is 0 Å². The second-order valence-electron chi connectivity index (χ2n) is 6.46. The Morgan fingerprint density at radius 3 is 2.64 bits per heavy atom. The zero-order valence-corrected chi connectivity index (χ0v) is 15.3. The number of hydrogen-bond acceptors (Lipinski definition) is 6. The number of carbonyl (C=O) groups is 1. The van der Waals surface area contributed by atoms with E-state index >= 15 is 0 Å². The highest BCUT2D eigenvalue weighted by atomic mass is 32.2. The average molecular weight is 358 g/mol. The van der Waals surface area contributed by atoms with Crippen molar-refractivity contribution in [2.45, 2.75) is 36.7 Å². The first kappa shape index (κ1) is 16.8. The van der Waals surface area contributed by atoms with Gasteiger partial charge in [0.25, 0.3) is 5.91 Å². The van der Waals surface area contributed by atoms with Gasteiger partial charge in [0.1, 0.15) is 5.25 Å². The summed E-state index contributed by atoms with van der Waals surface area (Å²) in [6.45, 7) is 7.15. The van der Waals surface area contributed by atoms with E-state index in [0.717, 1.165) is 30.5 Å². The summed E-state index contributed by atoms with van der Waals surface area (Å²) in [5.41, 5.74) is 2.39. The number of nitrogens with zero attached hydrogens (tertiary/aromatic N) is 4. The van der Waals surface area contributed by atoms with Crippen LogP contribution in [0.15, 0.2) is 29.4 Å². The molecule has 1 fully saturated rings. The Bertz CT molecular complexity index is 768. The van der Waals surface area contributed by atoms with Gasteiger partial charge < -0.3 is 4.74 Å². The molecule has 132 valence electrons. The first-order chi connectivity index (χ1) is 12.2. The highest BCUT2D eigenvalue weighted by molar-refractivity contribution is 8.00. The molecule has 4 rings (SSSR count). The van der Waals surface area contributed by atoms with Crippen molar-refractivity contribution in [2.24, 2.45) is 0 Å². The molecule has 0 radical (unpaired) electrons. The number of carbonyl (C=O) groups excluding carboxylic acids is 1. The summed E-state index contributed by atoms with van der Waals surface area (Å²) in [6, 6.07) is 8.50. The minimum atomic E-state index is -0.221. The molecule has 0 bridgehead atoms. The zero-order chi connectivity index (χ0) is 17.4. The summed E-state index contributed by atoms with van der Waals surface area (Å²) >= 11 is 1.54. The number of benzene rings is 1. The van der Waals surface area contributed by atoms with Gasteiger partial charge >= 0.3 is 0 Å². The molecule has 0 aliphatic carbocycles. The number of ether oxygens (including phenoxy) is 1. The minimum Gasteiger partial charge on any atom is -0.379 e. The number of rotatable bonds is 4. The molecule has 3 heterocycles. The van der Waals surface area contributed by atoms with Crippen molar-refractivity contribution in [2.75, 3.05) is 26.3 Å². The van der Waals surface area contributed by atoms with Gasteiger partial charge in [-0.3, -0.25) is 9.69 Å². The van der Waals surface area contributed by atoms with Gasteiger partial charge in [0, 0.05) is 19.5 Å². The number of morpholine rings is 1. The third-order valence-corrected chi connectivity index (χ3v) is 5.96. The van der Waals surface area contributed by atoms with Crippen LogP contribution in [0.3, 0.4) is 0 Å². The summed E-state index contributed by atoms with van der Waals surface area (Å²) in [4.78, 5) is 19.9. The third kappa shape index (κ3) is 3.12. The van der Waals surface area contributed by atoms with Crippen molar-refractivity contribution in [1.29, 1.82) is 0 Å². The molecule has 2 unspecified atom stereocenters. The summed E-state index contributed by atoms with van der Waals surface area (Å²) in [5.74, 6) is 0.761. The summed E-state index contributed by atoms with van der Waals surface area (Å²) in [5, 5.41) is 4.87. The number of thioether (sulfide) groups is 1. The van der Waals surface area contributed by atoms with Gasteiger partial charge in [0.05, 0.1) is 19.3 Å². The lowest BCUT2D eigenvalue weighted by molar-refractivity contribution is 0.0152. The molecule has 1 aromatic carbocycles. The molecule has 2 aliphatic rings. The lowest BCUT2D eigenvalue weighted by Crippen LogP contribution is -2.44. The smallest absolute Gasteiger partial charge is 0.264 e. The molecule has 7 heteroatoms. The van der Waals surface area contributed by atoms with Gasteiger partial charge in [-0.1, -0.05) is 48.5 Å². The van der Waals surface area contributed by atoms with Crippen LogP contribution >= 0.6 is 11.8 Å². The SMILES string of the molecule is CCc1nc2n(n1)C(=O)C(C(c1ccc(C)cc1)N1CCOCC1)S2. The van der Waals surface area contributed by atoms with E-state index in [1.165, 1.54) is 27.6 Å². The molecule has 0 saturated carbocycles. The van der Waals surface area contributed by atoms with Crippen molar-refractivity contribution < 1.29 is 9.53 Å². The van der Waals surface area contributed by atoms with Crippen molar-refractivity contribution >= 4 is 17.7 Å². The van der Waals surface area contributed by atoms with Crippen molar-refractivity contribution in [1.82, 2.24) is 19.7 Å². The highest BCUT2D eigenvalue weighted by Gasteiger charge is 2.43. The van der Waals surface area contributed by atoms with E-state index in [-0.39, 0.29) is 17.2 Å². The molecule has 1 saturated heterocycles. The van der Waals surface area contributed by atoms with Crippen LogP contribution in [-0.4, -0.2) is 57.1 Å².